The molecule has 2 aliphatic heterocycles. The average Bonchev–Trinajstić information content (AvgIpc) is 2.86. The second kappa shape index (κ2) is 6.92. The molecule has 2 atom stereocenters. The number of rotatable bonds is 4. The van der Waals surface area contributed by atoms with E-state index in [1.54, 1.807) is 24.8 Å². The maximum Gasteiger partial charge on any atom is 0.304 e. The lowest BCUT2D eigenvalue weighted by atomic mass is 10.0. The van der Waals surface area contributed by atoms with Crippen LogP contribution < -0.4 is 0 Å². The molecule has 1 aromatic heterocycles. The van der Waals surface area contributed by atoms with E-state index >= 15 is 0 Å². The van der Waals surface area contributed by atoms with Gasteiger partial charge < -0.3 is 10.0 Å². The third-order valence-corrected chi connectivity index (χ3v) is 6.55. The van der Waals surface area contributed by atoms with Crippen molar-refractivity contribution in [3.05, 3.63) is 23.3 Å². The van der Waals surface area contributed by atoms with Crippen LogP contribution in [0.2, 0.25) is 0 Å². The minimum Gasteiger partial charge on any atom is -0.481 e. The SMILES string of the molecule is Cc1cc(C(=O)N2CCN(CCC(=O)O)[C@@H]3CS(=O)(=O)C[C@@H]32)nc(C)n1. The Bertz CT molecular complexity index is 821. The van der Waals surface area contributed by atoms with Crippen LogP contribution in [0.3, 0.4) is 0 Å². The molecule has 0 bridgehead atoms. The number of carboxylic acids is 1. The summed E-state index contributed by atoms with van der Waals surface area (Å²) in [6.07, 6.45) is -0.0541. The van der Waals surface area contributed by atoms with Gasteiger partial charge in [-0.05, 0) is 19.9 Å². The van der Waals surface area contributed by atoms with Crippen molar-refractivity contribution in [2.45, 2.75) is 32.4 Å². The number of piperazine rings is 1. The number of aryl methyl sites for hydroxylation is 2. The number of amides is 1. The van der Waals surface area contributed by atoms with Crippen molar-refractivity contribution < 1.29 is 23.1 Å². The second-order valence-corrected chi connectivity index (χ2v) is 8.99. The van der Waals surface area contributed by atoms with Crippen molar-refractivity contribution in [2.24, 2.45) is 0 Å². The molecule has 0 aliphatic carbocycles. The van der Waals surface area contributed by atoms with Gasteiger partial charge in [0.1, 0.15) is 11.5 Å². The molecule has 3 heterocycles. The van der Waals surface area contributed by atoms with Gasteiger partial charge in [-0.25, -0.2) is 18.4 Å². The number of hydrogen-bond acceptors (Lipinski definition) is 7. The number of fused-ring (bicyclic) bond motifs is 1. The maximum atomic E-state index is 13.0. The van der Waals surface area contributed by atoms with Crippen molar-refractivity contribution in [3.8, 4) is 0 Å². The molecule has 3 rings (SSSR count). The van der Waals surface area contributed by atoms with E-state index in [1.165, 1.54) is 0 Å². The smallest absolute Gasteiger partial charge is 0.304 e. The summed E-state index contributed by atoms with van der Waals surface area (Å²) in [4.78, 5) is 35.6. The monoisotopic (exact) mass is 382 g/mol. The summed E-state index contributed by atoms with van der Waals surface area (Å²) >= 11 is 0. The summed E-state index contributed by atoms with van der Waals surface area (Å²) < 4.78 is 24.4. The van der Waals surface area contributed by atoms with E-state index in [0.717, 1.165) is 0 Å². The van der Waals surface area contributed by atoms with Gasteiger partial charge in [0, 0.05) is 31.4 Å². The normalized spacial score (nSPS) is 25.1. The lowest BCUT2D eigenvalue weighted by Gasteiger charge is -2.43. The van der Waals surface area contributed by atoms with Crippen LogP contribution in [0.25, 0.3) is 0 Å². The second-order valence-electron chi connectivity index (χ2n) is 6.83. The van der Waals surface area contributed by atoms with E-state index in [-0.39, 0.29) is 42.1 Å². The molecule has 0 spiro atoms. The third-order valence-electron chi connectivity index (χ3n) is 4.85. The number of sulfone groups is 1. The van der Waals surface area contributed by atoms with E-state index in [4.69, 9.17) is 5.11 Å². The lowest BCUT2D eigenvalue weighted by Crippen LogP contribution is -2.60. The molecule has 2 saturated heterocycles. The van der Waals surface area contributed by atoms with Gasteiger partial charge in [-0.3, -0.25) is 14.5 Å². The maximum absolute atomic E-state index is 13.0. The summed E-state index contributed by atoms with van der Waals surface area (Å²) in [7, 11) is -3.28. The van der Waals surface area contributed by atoms with Gasteiger partial charge in [0.25, 0.3) is 5.91 Å². The summed E-state index contributed by atoms with van der Waals surface area (Å²) in [5.41, 5.74) is 0.938. The molecule has 2 aliphatic rings. The van der Waals surface area contributed by atoms with Gasteiger partial charge in [-0.15, -0.1) is 0 Å². The van der Waals surface area contributed by atoms with Crippen LogP contribution in [0.1, 0.15) is 28.4 Å². The lowest BCUT2D eigenvalue weighted by molar-refractivity contribution is -0.137. The number of aromatic nitrogens is 2. The number of hydrogen-bond donors (Lipinski definition) is 1. The summed E-state index contributed by atoms with van der Waals surface area (Å²) in [5, 5.41) is 8.90. The number of aliphatic carboxylic acids is 1. The molecule has 0 radical (unpaired) electrons. The summed E-state index contributed by atoms with van der Waals surface area (Å²) in [5.74, 6) is -0.890. The first-order valence-electron chi connectivity index (χ1n) is 8.46. The van der Waals surface area contributed by atoms with Gasteiger partial charge in [-0.1, -0.05) is 0 Å². The Morgan fingerprint density at radius 2 is 1.88 bits per heavy atom. The highest BCUT2D eigenvalue weighted by molar-refractivity contribution is 7.91. The highest BCUT2D eigenvalue weighted by atomic mass is 32.2. The Morgan fingerprint density at radius 3 is 2.54 bits per heavy atom. The zero-order valence-electron chi connectivity index (χ0n) is 14.8. The zero-order valence-corrected chi connectivity index (χ0v) is 15.6. The van der Waals surface area contributed by atoms with Crippen LogP contribution >= 0.6 is 0 Å². The molecule has 10 heteroatoms. The fourth-order valence-electron chi connectivity index (χ4n) is 3.77. The Morgan fingerprint density at radius 1 is 1.19 bits per heavy atom. The van der Waals surface area contributed by atoms with Gasteiger partial charge >= 0.3 is 5.97 Å². The van der Waals surface area contributed by atoms with E-state index < -0.39 is 21.8 Å². The molecule has 26 heavy (non-hydrogen) atoms. The number of carbonyl (C=O) groups excluding carboxylic acids is 1. The van der Waals surface area contributed by atoms with Crippen LogP contribution in [0.4, 0.5) is 0 Å². The van der Waals surface area contributed by atoms with Gasteiger partial charge in [0.2, 0.25) is 0 Å². The van der Waals surface area contributed by atoms with Crippen LogP contribution in [0.15, 0.2) is 6.07 Å². The molecule has 1 aromatic rings. The molecule has 9 nitrogen and oxygen atoms in total. The van der Waals surface area contributed by atoms with Crippen molar-refractivity contribution in [1.82, 2.24) is 19.8 Å². The third kappa shape index (κ3) is 3.85. The van der Waals surface area contributed by atoms with E-state index in [0.29, 0.717) is 24.6 Å². The molecule has 142 valence electrons. The van der Waals surface area contributed by atoms with Gasteiger partial charge in [0.15, 0.2) is 9.84 Å². The van der Waals surface area contributed by atoms with E-state index in [9.17, 15) is 18.0 Å². The highest BCUT2D eigenvalue weighted by Crippen LogP contribution is 2.28. The van der Waals surface area contributed by atoms with Crippen molar-refractivity contribution >= 4 is 21.7 Å². The quantitative estimate of drug-likeness (QED) is 0.739. The van der Waals surface area contributed by atoms with E-state index in [2.05, 4.69) is 9.97 Å². The number of carboxylic acid groups (broad SMARTS) is 1. The minimum absolute atomic E-state index is 0.0527. The predicted octanol–water partition coefficient (Wildman–Crippen LogP) is -0.508. The molecule has 0 aromatic carbocycles. The van der Waals surface area contributed by atoms with Crippen molar-refractivity contribution in [2.75, 3.05) is 31.1 Å². The molecular formula is C16H22N4O5S. The summed E-state index contributed by atoms with van der Waals surface area (Å²) in [6, 6.07) is 0.747. The Labute approximate surface area is 152 Å². The van der Waals surface area contributed by atoms with E-state index in [1.807, 2.05) is 4.90 Å². The molecule has 1 amide bonds. The number of nitrogens with zero attached hydrogens (tertiary/aromatic N) is 4. The van der Waals surface area contributed by atoms with Crippen molar-refractivity contribution in [1.29, 1.82) is 0 Å². The fourth-order valence-corrected chi connectivity index (χ4v) is 5.78. The molecular weight excluding hydrogens is 360 g/mol. The van der Waals surface area contributed by atoms with Crippen molar-refractivity contribution in [3.63, 3.8) is 0 Å². The molecule has 2 fully saturated rings. The molecule has 0 unspecified atom stereocenters. The molecule has 0 saturated carbocycles. The highest BCUT2D eigenvalue weighted by Gasteiger charge is 2.48. The Balaban J connectivity index is 1.85. The topological polar surface area (TPSA) is 121 Å². The Kier molecular flexibility index (Phi) is 4.98. The first-order chi connectivity index (χ1) is 12.2. The zero-order chi connectivity index (χ0) is 19.1. The standard InChI is InChI=1S/C16H22N4O5S/c1-10-7-12(18-11(2)17-10)16(23)20-6-5-19(4-3-15(21)22)13-8-26(24,25)9-14(13)20/h7,13-14H,3-6,8-9H2,1-2H3,(H,21,22)/t13-,14+/m1/s1. The first-order valence-corrected chi connectivity index (χ1v) is 10.3. The van der Waals surface area contributed by atoms with Crippen LogP contribution in [-0.2, 0) is 14.6 Å². The fraction of sp³-hybridized carbons (Fsp3) is 0.625. The average molecular weight is 382 g/mol. The first kappa shape index (κ1) is 18.7. The Hall–Kier alpha value is -2.07. The minimum atomic E-state index is -3.28. The number of carbonyl (C=O) groups is 2. The van der Waals surface area contributed by atoms with Gasteiger partial charge in [-0.2, -0.15) is 0 Å². The van der Waals surface area contributed by atoms with Crippen LogP contribution in [0.5, 0.6) is 0 Å². The summed E-state index contributed by atoms with van der Waals surface area (Å²) in [6.45, 7) is 4.55. The van der Waals surface area contributed by atoms with Crippen LogP contribution in [0, 0.1) is 13.8 Å². The largest absolute Gasteiger partial charge is 0.481 e. The molecule has 1 N–H and O–H groups in total. The van der Waals surface area contributed by atoms with Gasteiger partial charge in [0.05, 0.1) is 24.0 Å². The predicted molar refractivity (Wildman–Crippen MR) is 92.6 cm³/mol. The van der Waals surface area contributed by atoms with Crippen LogP contribution in [-0.4, -0.2) is 88.4 Å².